The summed E-state index contributed by atoms with van der Waals surface area (Å²) in [5.74, 6) is -1.03. The molecule has 0 bridgehead atoms. The smallest absolute Gasteiger partial charge is 0.327 e. The number of hydrogen-bond acceptors (Lipinski definition) is 2. The van der Waals surface area contributed by atoms with E-state index in [0.717, 1.165) is 6.08 Å². The van der Waals surface area contributed by atoms with E-state index in [0.29, 0.717) is 10.6 Å². The molecule has 1 unspecified atom stereocenters. The van der Waals surface area contributed by atoms with Crippen molar-refractivity contribution in [3.05, 3.63) is 47.0 Å². The molecule has 0 amide bonds. The molecule has 4 heteroatoms. The second-order valence-corrected chi connectivity index (χ2v) is 3.42. The van der Waals surface area contributed by atoms with Crippen molar-refractivity contribution in [3.63, 3.8) is 0 Å². The number of halogens is 1. The van der Waals surface area contributed by atoms with E-state index in [2.05, 4.69) is 0 Å². The Morgan fingerprint density at radius 1 is 1.47 bits per heavy atom. The molecule has 0 saturated heterocycles. The van der Waals surface area contributed by atoms with Gasteiger partial charge in [-0.2, -0.15) is 0 Å². The number of aliphatic hydroxyl groups is 1. The molecule has 1 rings (SSSR count). The molecule has 3 nitrogen and oxygen atoms in total. The van der Waals surface area contributed by atoms with Crippen LogP contribution in [0.1, 0.15) is 18.1 Å². The van der Waals surface area contributed by atoms with Crippen LogP contribution in [0.5, 0.6) is 0 Å². The summed E-state index contributed by atoms with van der Waals surface area (Å²) in [7, 11) is 0. The largest absolute Gasteiger partial charge is 0.478 e. The van der Waals surface area contributed by atoms with Crippen molar-refractivity contribution in [3.8, 4) is 0 Å². The minimum absolute atomic E-state index is 0.232. The third-order valence-electron chi connectivity index (χ3n) is 1.88. The van der Waals surface area contributed by atoms with Crippen LogP contribution in [0.25, 0.3) is 0 Å². The molecule has 80 valence electrons. The number of carboxylic acid groups (broad SMARTS) is 1. The number of rotatable bonds is 4. The van der Waals surface area contributed by atoms with E-state index >= 15 is 0 Å². The summed E-state index contributed by atoms with van der Waals surface area (Å²) >= 11 is 5.86. The summed E-state index contributed by atoms with van der Waals surface area (Å²) in [6, 6.07) is 6.93. The standard InChI is InChI=1S/C11H11ClO3/c12-9-5-2-1-4-8(9)10(13)6-3-7-11(14)15/h1-5,7,10,13H,6H2,(H,14,15)/b7-3+. The van der Waals surface area contributed by atoms with Crippen molar-refractivity contribution in [2.45, 2.75) is 12.5 Å². The summed E-state index contributed by atoms with van der Waals surface area (Å²) in [5.41, 5.74) is 0.606. The Morgan fingerprint density at radius 2 is 2.13 bits per heavy atom. The van der Waals surface area contributed by atoms with Crippen LogP contribution in [0.4, 0.5) is 0 Å². The summed E-state index contributed by atoms with van der Waals surface area (Å²) in [6.45, 7) is 0. The maximum absolute atomic E-state index is 10.2. The van der Waals surface area contributed by atoms with Gasteiger partial charge in [-0.25, -0.2) is 4.79 Å². The molecule has 0 aliphatic rings. The van der Waals surface area contributed by atoms with Crippen LogP contribution in [0.2, 0.25) is 5.02 Å². The number of aliphatic carboxylic acids is 1. The quantitative estimate of drug-likeness (QED) is 0.776. The van der Waals surface area contributed by atoms with Crippen LogP contribution in [0.3, 0.4) is 0 Å². The molecule has 0 aliphatic heterocycles. The van der Waals surface area contributed by atoms with Gasteiger partial charge in [0.15, 0.2) is 0 Å². The third-order valence-corrected chi connectivity index (χ3v) is 2.23. The lowest BCUT2D eigenvalue weighted by Gasteiger charge is -2.09. The van der Waals surface area contributed by atoms with E-state index in [1.54, 1.807) is 24.3 Å². The van der Waals surface area contributed by atoms with Gasteiger partial charge in [-0.15, -0.1) is 0 Å². The van der Waals surface area contributed by atoms with Crippen molar-refractivity contribution in [1.82, 2.24) is 0 Å². The highest BCUT2D eigenvalue weighted by Crippen LogP contribution is 2.24. The van der Waals surface area contributed by atoms with Gasteiger partial charge in [0.25, 0.3) is 0 Å². The van der Waals surface area contributed by atoms with Gasteiger partial charge < -0.3 is 10.2 Å². The number of aliphatic hydroxyl groups excluding tert-OH is 1. The summed E-state index contributed by atoms with van der Waals surface area (Å²) in [6.07, 6.45) is 1.86. The van der Waals surface area contributed by atoms with Gasteiger partial charge in [-0.05, 0) is 18.1 Å². The number of benzene rings is 1. The predicted octanol–water partition coefficient (Wildman–Crippen LogP) is 2.40. The predicted molar refractivity (Wildman–Crippen MR) is 57.8 cm³/mol. The molecule has 0 saturated carbocycles. The molecule has 0 heterocycles. The maximum atomic E-state index is 10.2. The Morgan fingerprint density at radius 3 is 2.73 bits per heavy atom. The Balaban J connectivity index is 2.65. The number of carboxylic acids is 1. The Kier molecular flexibility index (Phi) is 4.34. The lowest BCUT2D eigenvalue weighted by atomic mass is 10.1. The molecule has 15 heavy (non-hydrogen) atoms. The molecular weight excluding hydrogens is 216 g/mol. The fourth-order valence-electron chi connectivity index (χ4n) is 1.17. The van der Waals surface area contributed by atoms with Gasteiger partial charge in [0.05, 0.1) is 6.10 Å². The van der Waals surface area contributed by atoms with Crippen LogP contribution in [-0.4, -0.2) is 16.2 Å². The molecule has 0 radical (unpaired) electrons. The average Bonchev–Trinajstić information content (AvgIpc) is 2.17. The second kappa shape index (κ2) is 5.53. The van der Waals surface area contributed by atoms with E-state index in [-0.39, 0.29) is 6.42 Å². The summed E-state index contributed by atoms with van der Waals surface area (Å²) in [4.78, 5) is 10.2. The maximum Gasteiger partial charge on any atom is 0.327 e. The fourth-order valence-corrected chi connectivity index (χ4v) is 1.43. The number of carbonyl (C=O) groups is 1. The molecule has 1 aromatic carbocycles. The molecule has 0 spiro atoms. The zero-order chi connectivity index (χ0) is 11.3. The lowest BCUT2D eigenvalue weighted by Crippen LogP contribution is -1.97. The fraction of sp³-hybridized carbons (Fsp3) is 0.182. The second-order valence-electron chi connectivity index (χ2n) is 3.01. The van der Waals surface area contributed by atoms with E-state index < -0.39 is 12.1 Å². The zero-order valence-electron chi connectivity index (χ0n) is 7.93. The van der Waals surface area contributed by atoms with Gasteiger partial charge in [0.2, 0.25) is 0 Å². The van der Waals surface area contributed by atoms with Gasteiger partial charge >= 0.3 is 5.97 Å². The number of hydrogen-bond donors (Lipinski definition) is 2. The van der Waals surface area contributed by atoms with Crippen molar-refractivity contribution in [2.24, 2.45) is 0 Å². The Hall–Kier alpha value is -1.32. The van der Waals surface area contributed by atoms with Gasteiger partial charge in [0.1, 0.15) is 0 Å². The molecular formula is C11H11ClO3. The van der Waals surface area contributed by atoms with Crippen LogP contribution >= 0.6 is 11.6 Å². The van der Waals surface area contributed by atoms with Crippen molar-refractivity contribution in [1.29, 1.82) is 0 Å². The van der Waals surface area contributed by atoms with E-state index in [1.807, 2.05) is 0 Å². The topological polar surface area (TPSA) is 57.5 Å². The van der Waals surface area contributed by atoms with E-state index in [4.69, 9.17) is 16.7 Å². The third kappa shape index (κ3) is 3.73. The molecule has 2 N–H and O–H groups in total. The van der Waals surface area contributed by atoms with Gasteiger partial charge in [-0.1, -0.05) is 35.9 Å². The molecule has 1 atom stereocenters. The zero-order valence-corrected chi connectivity index (χ0v) is 8.69. The first kappa shape index (κ1) is 11.8. The van der Waals surface area contributed by atoms with Crippen LogP contribution in [-0.2, 0) is 4.79 Å². The highest BCUT2D eigenvalue weighted by molar-refractivity contribution is 6.31. The first-order valence-corrected chi connectivity index (χ1v) is 4.81. The first-order chi connectivity index (χ1) is 7.11. The Labute approximate surface area is 92.6 Å². The SMILES string of the molecule is O=C(O)/C=C/CC(O)c1ccccc1Cl. The highest BCUT2D eigenvalue weighted by atomic mass is 35.5. The molecule has 0 aromatic heterocycles. The van der Waals surface area contributed by atoms with Crippen molar-refractivity contribution < 1.29 is 15.0 Å². The van der Waals surface area contributed by atoms with Crippen molar-refractivity contribution in [2.75, 3.05) is 0 Å². The van der Waals surface area contributed by atoms with Crippen LogP contribution in [0.15, 0.2) is 36.4 Å². The minimum Gasteiger partial charge on any atom is -0.478 e. The lowest BCUT2D eigenvalue weighted by molar-refractivity contribution is -0.131. The normalized spacial score (nSPS) is 12.9. The van der Waals surface area contributed by atoms with Crippen molar-refractivity contribution >= 4 is 17.6 Å². The van der Waals surface area contributed by atoms with E-state index in [9.17, 15) is 9.90 Å². The average molecular weight is 227 g/mol. The van der Waals surface area contributed by atoms with Gasteiger partial charge in [0, 0.05) is 11.1 Å². The molecule has 0 aliphatic carbocycles. The minimum atomic E-state index is -1.03. The molecule has 0 fully saturated rings. The van der Waals surface area contributed by atoms with E-state index in [1.165, 1.54) is 6.08 Å². The van der Waals surface area contributed by atoms with Crippen LogP contribution in [0, 0.1) is 0 Å². The van der Waals surface area contributed by atoms with Crippen LogP contribution < -0.4 is 0 Å². The molecule has 1 aromatic rings. The first-order valence-electron chi connectivity index (χ1n) is 4.43. The summed E-state index contributed by atoms with van der Waals surface area (Å²) in [5, 5.41) is 18.5. The monoisotopic (exact) mass is 226 g/mol. The highest BCUT2D eigenvalue weighted by Gasteiger charge is 2.08. The Bertz CT molecular complexity index is 374. The van der Waals surface area contributed by atoms with Gasteiger partial charge in [-0.3, -0.25) is 0 Å². The summed E-state index contributed by atoms with van der Waals surface area (Å²) < 4.78 is 0.